The smallest absolute Gasteiger partial charge is 0.307 e. The van der Waals surface area contributed by atoms with Crippen molar-refractivity contribution < 1.29 is 14.3 Å². The number of carbonyl (C=O) groups is 2. The van der Waals surface area contributed by atoms with Gasteiger partial charge in [0, 0.05) is 13.6 Å². The summed E-state index contributed by atoms with van der Waals surface area (Å²) in [5.41, 5.74) is 0.343. The molecule has 0 bridgehead atoms. The van der Waals surface area contributed by atoms with Crippen LogP contribution < -0.4 is 0 Å². The summed E-state index contributed by atoms with van der Waals surface area (Å²) in [5.74, 6) is -0.528. The van der Waals surface area contributed by atoms with E-state index in [2.05, 4.69) is 20.9 Å². The van der Waals surface area contributed by atoms with Crippen LogP contribution in [-0.4, -0.2) is 42.0 Å². The first kappa shape index (κ1) is 14.6. The fourth-order valence-electron chi connectivity index (χ4n) is 1.32. The molecule has 1 rings (SSSR count). The van der Waals surface area contributed by atoms with Crippen LogP contribution in [0.5, 0.6) is 0 Å². The first-order chi connectivity index (χ1) is 8.54. The highest BCUT2D eigenvalue weighted by molar-refractivity contribution is 9.10. The number of esters is 1. The normalized spacial score (nSPS) is 9.94. The molecular formula is C12H15BrN2O3. The second kappa shape index (κ2) is 7.10. The number of carbonyl (C=O) groups excluding carboxylic acids is 2. The first-order valence-electron chi connectivity index (χ1n) is 5.58. The van der Waals surface area contributed by atoms with Gasteiger partial charge in [-0.1, -0.05) is 6.07 Å². The molecule has 0 aliphatic heterocycles. The van der Waals surface area contributed by atoms with E-state index in [1.54, 1.807) is 32.2 Å². The van der Waals surface area contributed by atoms with Crippen molar-refractivity contribution in [3.05, 3.63) is 28.5 Å². The van der Waals surface area contributed by atoms with Gasteiger partial charge in [-0.3, -0.25) is 9.59 Å². The number of nitrogens with zero attached hydrogens (tertiary/aromatic N) is 2. The fourth-order valence-corrected chi connectivity index (χ4v) is 1.66. The monoisotopic (exact) mass is 314 g/mol. The van der Waals surface area contributed by atoms with E-state index in [0.717, 1.165) is 0 Å². The van der Waals surface area contributed by atoms with Gasteiger partial charge in [-0.2, -0.15) is 0 Å². The van der Waals surface area contributed by atoms with Crippen molar-refractivity contribution in [1.82, 2.24) is 9.88 Å². The van der Waals surface area contributed by atoms with Gasteiger partial charge in [-0.25, -0.2) is 4.98 Å². The summed E-state index contributed by atoms with van der Waals surface area (Å²) in [6.45, 7) is 2.41. The van der Waals surface area contributed by atoms with E-state index < -0.39 is 0 Å². The number of rotatable bonds is 5. The van der Waals surface area contributed by atoms with Crippen LogP contribution in [0, 0.1) is 0 Å². The van der Waals surface area contributed by atoms with Gasteiger partial charge in [0.2, 0.25) is 0 Å². The summed E-state index contributed by atoms with van der Waals surface area (Å²) in [5, 5.41) is 0. The maximum Gasteiger partial charge on any atom is 0.307 e. The van der Waals surface area contributed by atoms with Gasteiger partial charge >= 0.3 is 5.97 Å². The summed E-state index contributed by atoms with van der Waals surface area (Å²) in [4.78, 5) is 28.7. The lowest BCUT2D eigenvalue weighted by atomic mass is 10.3. The minimum Gasteiger partial charge on any atom is -0.466 e. The Morgan fingerprint density at radius 2 is 2.17 bits per heavy atom. The molecule has 18 heavy (non-hydrogen) atoms. The zero-order chi connectivity index (χ0) is 13.5. The molecule has 0 aliphatic rings. The summed E-state index contributed by atoms with van der Waals surface area (Å²) in [6, 6.07) is 5.12. The molecule has 98 valence electrons. The minimum atomic E-state index is -0.306. The van der Waals surface area contributed by atoms with Crippen LogP contribution in [-0.2, 0) is 9.53 Å². The van der Waals surface area contributed by atoms with Crippen molar-refractivity contribution in [3.8, 4) is 0 Å². The molecule has 1 aromatic heterocycles. The van der Waals surface area contributed by atoms with Crippen molar-refractivity contribution in [2.45, 2.75) is 13.3 Å². The SMILES string of the molecule is CCOC(=O)CCN(C)C(=O)c1cccc(Br)n1. The van der Waals surface area contributed by atoms with Gasteiger partial charge in [-0.15, -0.1) is 0 Å². The van der Waals surface area contributed by atoms with E-state index in [0.29, 0.717) is 23.4 Å². The highest BCUT2D eigenvalue weighted by atomic mass is 79.9. The van der Waals surface area contributed by atoms with Crippen LogP contribution in [0.2, 0.25) is 0 Å². The highest BCUT2D eigenvalue weighted by Crippen LogP contribution is 2.08. The standard InChI is InChI=1S/C12H15BrN2O3/c1-3-18-11(16)7-8-15(2)12(17)9-5-4-6-10(13)14-9/h4-6H,3,7-8H2,1-2H3. The molecule has 0 saturated carbocycles. The van der Waals surface area contributed by atoms with E-state index in [4.69, 9.17) is 4.74 Å². The number of ether oxygens (including phenoxy) is 1. The second-order valence-corrected chi connectivity index (χ2v) is 4.44. The van der Waals surface area contributed by atoms with Crippen LogP contribution in [0.3, 0.4) is 0 Å². The molecular weight excluding hydrogens is 300 g/mol. The first-order valence-corrected chi connectivity index (χ1v) is 6.37. The summed E-state index contributed by atoms with van der Waals surface area (Å²) < 4.78 is 5.40. The number of halogens is 1. The second-order valence-electron chi connectivity index (χ2n) is 3.63. The van der Waals surface area contributed by atoms with Gasteiger partial charge in [0.25, 0.3) is 5.91 Å². The quantitative estimate of drug-likeness (QED) is 0.615. The molecule has 6 heteroatoms. The Kier molecular flexibility index (Phi) is 5.77. The van der Waals surface area contributed by atoms with Gasteiger partial charge in [-0.05, 0) is 35.0 Å². The number of pyridine rings is 1. The third kappa shape index (κ3) is 4.44. The van der Waals surface area contributed by atoms with Gasteiger partial charge in [0.1, 0.15) is 10.3 Å². The number of hydrogen-bond donors (Lipinski definition) is 0. The van der Waals surface area contributed by atoms with E-state index >= 15 is 0 Å². The van der Waals surface area contributed by atoms with Crippen molar-refractivity contribution in [1.29, 1.82) is 0 Å². The van der Waals surface area contributed by atoms with Crippen LogP contribution in [0.15, 0.2) is 22.8 Å². The van der Waals surface area contributed by atoms with Gasteiger partial charge < -0.3 is 9.64 Å². The average Bonchev–Trinajstić information content (AvgIpc) is 2.35. The Labute approximate surface area is 114 Å². The van der Waals surface area contributed by atoms with Crippen molar-refractivity contribution in [2.75, 3.05) is 20.2 Å². The Morgan fingerprint density at radius 3 is 2.78 bits per heavy atom. The third-order valence-electron chi connectivity index (χ3n) is 2.24. The van der Waals surface area contributed by atoms with Crippen LogP contribution >= 0.6 is 15.9 Å². The Hall–Kier alpha value is -1.43. The lowest BCUT2D eigenvalue weighted by Crippen LogP contribution is -2.30. The molecule has 0 radical (unpaired) electrons. The summed E-state index contributed by atoms with van der Waals surface area (Å²) in [6.07, 6.45) is 0.185. The lowest BCUT2D eigenvalue weighted by molar-refractivity contribution is -0.143. The Bertz CT molecular complexity index is 437. The summed E-state index contributed by atoms with van der Waals surface area (Å²) in [7, 11) is 1.63. The van der Waals surface area contributed by atoms with Gasteiger partial charge in [0.05, 0.1) is 13.0 Å². The molecule has 0 N–H and O–H groups in total. The van der Waals surface area contributed by atoms with Crippen molar-refractivity contribution >= 4 is 27.8 Å². The van der Waals surface area contributed by atoms with E-state index in [-0.39, 0.29) is 18.3 Å². The molecule has 0 atom stereocenters. The number of hydrogen-bond acceptors (Lipinski definition) is 4. The van der Waals surface area contributed by atoms with Crippen LogP contribution in [0.1, 0.15) is 23.8 Å². The predicted octanol–water partition coefficient (Wildman–Crippen LogP) is 1.87. The largest absolute Gasteiger partial charge is 0.466 e. The molecule has 0 unspecified atom stereocenters. The van der Waals surface area contributed by atoms with Crippen LogP contribution in [0.4, 0.5) is 0 Å². The predicted molar refractivity (Wildman–Crippen MR) is 70.1 cm³/mol. The molecule has 1 heterocycles. The maximum atomic E-state index is 12.0. The maximum absolute atomic E-state index is 12.0. The van der Waals surface area contributed by atoms with E-state index in [9.17, 15) is 9.59 Å². The fraction of sp³-hybridized carbons (Fsp3) is 0.417. The van der Waals surface area contributed by atoms with Crippen LogP contribution in [0.25, 0.3) is 0 Å². The molecule has 5 nitrogen and oxygen atoms in total. The Balaban J connectivity index is 2.54. The number of amides is 1. The topological polar surface area (TPSA) is 59.5 Å². The zero-order valence-corrected chi connectivity index (χ0v) is 11.9. The number of aromatic nitrogens is 1. The van der Waals surface area contributed by atoms with E-state index in [1.165, 1.54) is 4.90 Å². The molecule has 0 spiro atoms. The molecule has 0 aliphatic carbocycles. The minimum absolute atomic E-state index is 0.185. The van der Waals surface area contributed by atoms with Crippen molar-refractivity contribution in [3.63, 3.8) is 0 Å². The lowest BCUT2D eigenvalue weighted by Gasteiger charge is -2.16. The third-order valence-corrected chi connectivity index (χ3v) is 2.68. The zero-order valence-electron chi connectivity index (χ0n) is 10.4. The molecule has 1 amide bonds. The summed E-state index contributed by atoms with van der Waals surface area (Å²) >= 11 is 3.21. The highest BCUT2D eigenvalue weighted by Gasteiger charge is 2.14. The Morgan fingerprint density at radius 1 is 1.44 bits per heavy atom. The molecule has 1 aromatic rings. The molecule has 0 aromatic carbocycles. The average molecular weight is 315 g/mol. The van der Waals surface area contributed by atoms with Crippen molar-refractivity contribution in [2.24, 2.45) is 0 Å². The molecule has 0 fully saturated rings. The molecule has 0 saturated heterocycles. The van der Waals surface area contributed by atoms with Gasteiger partial charge in [0.15, 0.2) is 0 Å². The van der Waals surface area contributed by atoms with E-state index in [1.807, 2.05) is 0 Å².